The van der Waals surface area contributed by atoms with E-state index in [0.717, 1.165) is 16.0 Å². The van der Waals surface area contributed by atoms with E-state index in [-0.39, 0.29) is 5.69 Å². The molecule has 2 aromatic rings. The van der Waals surface area contributed by atoms with Gasteiger partial charge in [-0.05, 0) is 13.0 Å². The number of benzene rings is 1. The Kier molecular flexibility index (Phi) is 4.56. The molecule has 0 spiro atoms. The Morgan fingerprint density at radius 2 is 2.32 bits per heavy atom. The summed E-state index contributed by atoms with van der Waals surface area (Å²) in [5.74, 6) is 0. The van der Waals surface area contributed by atoms with Crippen molar-refractivity contribution in [1.29, 1.82) is 0 Å². The highest BCUT2D eigenvalue weighted by molar-refractivity contribution is 8.01. The highest BCUT2D eigenvalue weighted by Gasteiger charge is 2.12. The minimum Gasteiger partial charge on any atom is -0.360 e. The van der Waals surface area contributed by atoms with Crippen LogP contribution in [0.1, 0.15) is 6.92 Å². The lowest BCUT2D eigenvalue weighted by molar-refractivity contribution is -0.384. The molecule has 0 saturated carbocycles. The molecule has 6 nitrogen and oxygen atoms in total. The van der Waals surface area contributed by atoms with Crippen LogP contribution in [0.4, 0.5) is 10.8 Å². The van der Waals surface area contributed by atoms with Gasteiger partial charge in [-0.3, -0.25) is 10.1 Å². The first-order valence-corrected chi connectivity index (χ1v) is 7.30. The van der Waals surface area contributed by atoms with Gasteiger partial charge in [-0.25, -0.2) is 0 Å². The summed E-state index contributed by atoms with van der Waals surface area (Å²) in [5.41, 5.74) is -0.0278. The maximum Gasteiger partial charge on any atom is 0.270 e. The molecule has 100 valence electrons. The molecule has 0 aliphatic heterocycles. The van der Waals surface area contributed by atoms with Crippen LogP contribution < -0.4 is 5.32 Å². The first-order chi connectivity index (χ1) is 9.10. The number of non-ortho nitro benzene ring substituents is 1. The second-order valence-electron chi connectivity index (χ2n) is 3.38. The average Bonchev–Trinajstić information content (AvgIpc) is 2.79. The quantitative estimate of drug-likeness (QED) is 0.669. The molecule has 2 rings (SSSR count). The third-order valence-electron chi connectivity index (χ3n) is 2.06. The lowest BCUT2D eigenvalue weighted by Gasteiger charge is -2.00. The van der Waals surface area contributed by atoms with Crippen molar-refractivity contribution in [1.82, 2.24) is 10.2 Å². The van der Waals surface area contributed by atoms with Crippen molar-refractivity contribution in [2.45, 2.75) is 16.2 Å². The van der Waals surface area contributed by atoms with Gasteiger partial charge in [-0.2, -0.15) is 0 Å². The SMILES string of the molecule is CCNc1nnc(Sc2ccc([N+](=O)[O-])cc2Cl)s1. The zero-order valence-corrected chi connectivity index (χ0v) is 12.2. The largest absolute Gasteiger partial charge is 0.360 e. The van der Waals surface area contributed by atoms with E-state index in [4.69, 9.17) is 11.6 Å². The molecule has 0 fully saturated rings. The summed E-state index contributed by atoms with van der Waals surface area (Å²) in [6, 6.07) is 4.36. The molecule has 0 radical (unpaired) electrons. The Balaban J connectivity index is 2.16. The maximum absolute atomic E-state index is 10.6. The topological polar surface area (TPSA) is 81.0 Å². The van der Waals surface area contributed by atoms with Gasteiger partial charge in [0.2, 0.25) is 5.13 Å². The van der Waals surface area contributed by atoms with Gasteiger partial charge < -0.3 is 5.32 Å². The van der Waals surface area contributed by atoms with Crippen LogP contribution in [0.3, 0.4) is 0 Å². The molecule has 1 aromatic heterocycles. The van der Waals surface area contributed by atoms with Gasteiger partial charge in [-0.15, -0.1) is 10.2 Å². The Bertz CT molecular complexity index is 605. The minimum atomic E-state index is -0.478. The number of hydrogen-bond acceptors (Lipinski definition) is 7. The van der Waals surface area contributed by atoms with Crippen molar-refractivity contribution >= 4 is 45.5 Å². The molecule has 1 N–H and O–H groups in total. The predicted molar refractivity (Wildman–Crippen MR) is 76.3 cm³/mol. The Morgan fingerprint density at radius 1 is 1.53 bits per heavy atom. The van der Waals surface area contributed by atoms with Crippen LogP contribution in [0.5, 0.6) is 0 Å². The summed E-state index contributed by atoms with van der Waals surface area (Å²) in [7, 11) is 0. The molecule has 1 heterocycles. The summed E-state index contributed by atoms with van der Waals surface area (Å²) < 4.78 is 0.728. The van der Waals surface area contributed by atoms with Gasteiger partial charge >= 0.3 is 0 Å². The first kappa shape index (κ1) is 14.0. The summed E-state index contributed by atoms with van der Waals surface area (Å²) in [5, 5.41) is 22.7. The molecular formula is C10H9ClN4O2S2. The highest BCUT2D eigenvalue weighted by atomic mass is 35.5. The van der Waals surface area contributed by atoms with E-state index in [2.05, 4.69) is 15.5 Å². The molecule has 0 saturated heterocycles. The van der Waals surface area contributed by atoms with Crippen molar-refractivity contribution in [3.63, 3.8) is 0 Å². The Labute approximate surface area is 122 Å². The fraction of sp³-hybridized carbons (Fsp3) is 0.200. The summed E-state index contributed by atoms with van der Waals surface area (Å²) >= 11 is 8.75. The average molecular weight is 317 g/mol. The maximum atomic E-state index is 10.6. The van der Waals surface area contributed by atoms with E-state index >= 15 is 0 Å². The second-order valence-corrected chi connectivity index (χ2v) is 6.05. The van der Waals surface area contributed by atoms with Gasteiger partial charge in [0.25, 0.3) is 5.69 Å². The van der Waals surface area contributed by atoms with Crippen molar-refractivity contribution in [2.24, 2.45) is 0 Å². The number of hydrogen-bond donors (Lipinski definition) is 1. The third-order valence-corrected chi connectivity index (χ3v) is 4.49. The minimum absolute atomic E-state index is 0.0278. The van der Waals surface area contributed by atoms with Crippen LogP contribution in [0, 0.1) is 10.1 Å². The number of anilines is 1. The van der Waals surface area contributed by atoms with E-state index in [1.165, 1.54) is 35.2 Å². The van der Waals surface area contributed by atoms with Crippen LogP contribution in [0.25, 0.3) is 0 Å². The van der Waals surface area contributed by atoms with Gasteiger partial charge in [0.15, 0.2) is 4.34 Å². The molecule has 0 amide bonds. The number of nitro groups is 1. The van der Waals surface area contributed by atoms with Crippen molar-refractivity contribution in [3.05, 3.63) is 33.3 Å². The molecule has 9 heteroatoms. The van der Waals surface area contributed by atoms with Crippen LogP contribution in [0.2, 0.25) is 5.02 Å². The zero-order chi connectivity index (χ0) is 13.8. The van der Waals surface area contributed by atoms with Gasteiger partial charge in [0.1, 0.15) is 0 Å². The van der Waals surface area contributed by atoms with Crippen molar-refractivity contribution in [2.75, 3.05) is 11.9 Å². The van der Waals surface area contributed by atoms with Gasteiger partial charge in [0, 0.05) is 23.6 Å². The standard InChI is InChI=1S/C10H9ClN4O2S2/c1-2-12-9-13-14-10(19-9)18-8-4-3-6(15(16)17)5-7(8)11/h3-5H,2H2,1H3,(H,12,13). The number of nitrogens with one attached hydrogen (secondary N) is 1. The number of rotatable bonds is 5. The lowest BCUT2D eigenvalue weighted by atomic mass is 10.3. The third kappa shape index (κ3) is 3.55. The lowest BCUT2D eigenvalue weighted by Crippen LogP contribution is -1.94. The Hall–Kier alpha value is -1.38. The van der Waals surface area contributed by atoms with E-state index < -0.39 is 4.92 Å². The molecule has 0 bridgehead atoms. The molecule has 0 aliphatic rings. The number of aromatic nitrogens is 2. The molecule has 0 unspecified atom stereocenters. The van der Waals surface area contributed by atoms with E-state index in [9.17, 15) is 10.1 Å². The first-order valence-electron chi connectivity index (χ1n) is 5.29. The van der Waals surface area contributed by atoms with Crippen molar-refractivity contribution in [3.8, 4) is 0 Å². The molecule has 1 aromatic carbocycles. The second kappa shape index (κ2) is 6.18. The Morgan fingerprint density at radius 3 is 2.95 bits per heavy atom. The monoisotopic (exact) mass is 316 g/mol. The summed E-state index contributed by atoms with van der Waals surface area (Å²) in [6.45, 7) is 2.75. The summed E-state index contributed by atoms with van der Waals surface area (Å²) in [4.78, 5) is 10.8. The van der Waals surface area contributed by atoms with E-state index in [0.29, 0.717) is 9.92 Å². The van der Waals surface area contributed by atoms with Gasteiger partial charge in [-0.1, -0.05) is 34.7 Å². The van der Waals surface area contributed by atoms with Crippen LogP contribution >= 0.6 is 34.7 Å². The fourth-order valence-corrected chi connectivity index (χ4v) is 3.32. The van der Waals surface area contributed by atoms with Crippen LogP contribution in [-0.4, -0.2) is 21.7 Å². The van der Waals surface area contributed by atoms with E-state index in [1.807, 2.05) is 6.92 Å². The smallest absolute Gasteiger partial charge is 0.270 e. The normalized spacial score (nSPS) is 10.4. The zero-order valence-electron chi connectivity index (χ0n) is 9.79. The van der Waals surface area contributed by atoms with E-state index in [1.54, 1.807) is 6.07 Å². The number of nitrogens with zero attached hydrogens (tertiary/aromatic N) is 3. The predicted octanol–water partition coefficient (Wildman–Crippen LogP) is 3.68. The molecule has 0 atom stereocenters. The van der Waals surface area contributed by atoms with Gasteiger partial charge in [0.05, 0.1) is 9.95 Å². The number of halogens is 1. The summed E-state index contributed by atoms with van der Waals surface area (Å²) in [6.07, 6.45) is 0. The fourth-order valence-electron chi connectivity index (χ4n) is 1.25. The number of nitro benzene ring substituents is 1. The molecule has 19 heavy (non-hydrogen) atoms. The molecular weight excluding hydrogens is 308 g/mol. The van der Waals surface area contributed by atoms with Crippen molar-refractivity contribution < 1.29 is 4.92 Å². The van der Waals surface area contributed by atoms with Crippen LogP contribution in [0.15, 0.2) is 27.4 Å². The molecule has 0 aliphatic carbocycles. The van der Waals surface area contributed by atoms with Crippen LogP contribution in [-0.2, 0) is 0 Å². The highest BCUT2D eigenvalue weighted by Crippen LogP contribution is 2.37.